The molecule has 3 aliphatic rings. The van der Waals surface area contributed by atoms with Crippen LogP contribution in [0.3, 0.4) is 0 Å². The molecular weight excluding hydrogens is 376 g/mol. The number of halogens is 1. The molecule has 1 saturated heterocycles. The van der Waals surface area contributed by atoms with Gasteiger partial charge in [-0.1, -0.05) is 34.9 Å². The Hall–Kier alpha value is -2.01. The number of allylic oxidation sites excluding steroid dienone is 2. The highest BCUT2D eigenvalue weighted by Crippen LogP contribution is 2.57. The van der Waals surface area contributed by atoms with Gasteiger partial charge >= 0.3 is 5.97 Å². The molecular formula is C22H27ClN2O3. The summed E-state index contributed by atoms with van der Waals surface area (Å²) in [7, 11) is 0. The zero-order valence-corrected chi connectivity index (χ0v) is 17.2. The number of fused-ring (bicyclic) bond motifs is 2. The fourth-order valence-corrected chi connectivity index (χ4v) is 5.93. The molecule has 0 spiro atoms. The number of hydrogen-bond donors (Lipinski definition) is 1. The van der Waals surface area contributed by atoms with Crippen molar-refractivity contribution in [1.82, 2.24) is 4.90 Å². The van der Waals surface area contributed by atoms with Crippen molar-refractivity contribution in [2.45, 2.75) is 26.7 Å². The highest BCUT2D eigenvalue weighted by atomic mass is 35.5. The van der Waals surface area contributed by atoms with Crippen LogP contribution < -0.4 is 4.90 Å². The van der Waals surface area contributed by atoms with Crippen LogP contribution in [0.4, 0.5) is 5.69 Å². The van der Waals surface area contributed by atoms with E-state index in [4.69, 9.17) is 11.6 Å². The summed E-state index contributed by atoms with van der Waals surface area (Å²) in [6.07, 6.45) is 1.83. The van der Waals surface area contributed by atoms with Gasteiger partial charge < -0.3 is 14.9 Å². The Morgan fingerprint density at radius 2 is 1.61 bits per heavy atom. The van der Waals surface area contributed by atoms with Crippen LogP contribution in [0, 0.1) is 23.7 Å². The number of piperazine rings is 1. The maximum atomic E-state index is 13.4. The first-order valence-corrected chi connectivity index (χ1v) is 10.5. The molecule has 1 N–H and O–H groups in total. The number of para-hydroxylation sites is 1. The average Bonchev–Trinajstić information content (AvgIpc) is 3.24. The Morgan fingerprint density at radius 1 is 1.00 bits per heavy atom. The third kappa shape index (κ3) is 3.10. The number of aliphatic carboxylic acids is 1. The molecule has 0 aromatic heterocycles. The first-order valence-electron chi connectivity index (χ1n) is 10.1. The summed E-state index contributed by atoms with van der Waals surface area (Å²) in [5.41, 5.74) is 3.42. The number of carbonyl (C=O) groups excluding carboxylic acids is 1. The molecule has 6 heteroatoms. The second-order valence-electron chi connectivity index (χ2n) is 8.40. The predicted molar refractivity (Wildman–Crippen MR) is 109 cm³/mol. The van der Waals surface area contributed by atoms with Gasteiger partial charge in [0.1, 0.15) is 0 Å². The molecule has 2 bridgehead atoms. The first-order chi connectivity index (χ1) is 13.4. The molecule has 1 aromatic carbocycles. The van der Waals surface area contributed by atoms with Gasteiger partial charge in [-0.25, -0.2) is 0 Å². The maximum Gasteiger partial charge on any atom is 0.307 e. The van der Waals surface area contributed by atoms with Crippen LogP contribution in [0.5, 0.6) is 0 Å². The fourth-order valence-electron chi connectivity index (χ4n) is 5.67. The standard InChI is InChI=1S/C22H27ClN2O3/c1-13(2)18-14-7-8-15(18)20(22(27)28)19(14)21(26)25-11-9-24(10-12-25)17-6-4-3-5-16(17)23/h3-6,14-15,19-20H,7-12H2,1-2H3,(H,27,28)/t14-,15-,19-,20-/m1/s1. The van der Waals surface area contributed by atoms with E-state index in [-0.39, 0.29) is 17.7 Å². The second kappa shape index (κ2) is 7.43. The number of benzene rings is 1. The molecule has 5 nitrogen and oxygen atoms in total. The maximum absolute atomic E-state index is 13.4. The largest absolute Gasteiger partial charge is 0.481 e. The number of carboxylic acid groups (broad SMARTS) is 1. The van der Waals surface area contributed by atoms with E-state index < -0.39 is 17.8 Å². The lowest BCUT2D eigenvalue weighted by molar-refractivity contribution is -0.153. The molecule has 150 valence electrons. The van der Waals surface area contributed by atoms with Gasteiger partial charge in [0, 0.05) is 26.2 Å². The summed E-state index contributed by atoms with van der Waals surface area (Å²) in [6, 6.07) is 7.75. The van der Waals surface area contributed by atoms with Crippen molar-refractivity contribution in [2.75, 3.05) is 31.1 Å². The monoisotopic (exact) mass is 402 g/mol. The van der Waals surface area contributed by atoms with Gasteiger partial charge in [-0.3, -0.25) is 9.59 Å². The molecule has 0 radical (unpaired) electrons. The molecule has 1 aliphatic heterocycles. The normalized spacial score (nSPS) is 29.3. The Morgan fingerprint density at radius 3 is 2.18 bits per heavy atom. The van der Waals surface area contributed by atoms with E-state index in [1.54, 1.807) is 0 Å². The van der Waals surface area contributed by atoms with Crippen LogP contribution in [0.1, 0.15) is 26.7 Å². The van der Waals surface area contributed by atoms with Gasteiger partial charge in [-0.2, -0.15) is 0 Å². The van der Waals surface area contributed by atoms with Crippen LogP contribution in [-0.2, 0) is 9.59 Å². The summed E-state index contributed by atoms with van der Waals surface area (Å²) in [6.45, 7) is 6.74. The summed E-state index contributed by atoms with van der Waals surface area (Å²) < 4.78 is 0. The number of amides is 1. The van der Waals surface area contributed by atoms with E-state index in [1.165, 1.54) is 11.1 Å². The Bertz CT molecular complexity index is 825. The Labute approximate surface area is 171 Å². The number of anilines is 1. The average molecular weight is 403 g/mol. The van der Waals surface area contributed by atoms with E-state index >= 15 is 0 Å². The van der Waals surface area contributed by atoms with Crippen LogP contribution in [0.15, 0.2) is 35.4 Å². The summed E-state index contributed by atoms with van der Waals surface area (Å²) in [4.78, 5) is 29.5. The number of carbonyl (C=O) groups is 2. The predicted octanol–water partition coefficient (Wildman–Crippen LogP) is 3.68. The number of nitrogens with zero attached hydrogens (tertiary/aromatic N) is 2. The molecule has 1 aromatic rings. The highest BCUT2D eigenvalue weighted by Gasteiger charge is 2.58. The van der Waals surface area contributed by atoms with Crippen molar-refractivity contribution in [3.05, 3.63) is 40.4 Å². The van der Waals surface area contributed by atoms with Gasteiger partial charge in [-0.05, 0) is 50.7 Å². The SMILES string of the molecule is CC(C)=C1[C@H]2CC[C@H]1[C@@H](C(=O)N1CCN(c3ccccc3Cl)CC1)[C@@H]2C(=O)O. The molecule has 2 aliphatic carbocycles. The van der Waals surface area contributed by atoms with Crippen LogP contribution in [-0.4, -0.2) is 48.1 Å². The summed E-state index contributed by atoms with van der Waals surface area (Å²) in [5, 5.41) is 10.6. The fraction of sp³-hybridized carbons (Fsp3) is 0.545. The smallest absolute Gasteiger partial charge is 0.307 e. The molecule has 2 saturated carbocycles. The topological polar surface area (TPSA) is 60.9 Å². The third-order valence-electron chi connectivity index (χ3n) is 6.77. The molecule has 3 fully saturated rings. The minimum atomic E-state index is -0.820. The van der Waals surface area contributed by atoms with Crippen LogP contribution >= 0.6 is 11.6 Å². The van der Waals surface area contributed by atoms with Crippen molar-refractivity contribution < 1.29 is 14.7 Å². The minimum absolute atomic E-state index is 0.0251. The molecule has 1 amide bonds. The number of rotatable bonds is 3. The van der Waals surface area contributed by atoms with Gasteiger partial charge in [0.15, 0.2) is 0 Å². The zero-order chi connectivity index (χ0) is 20.0. The van der Waals surface area contributed by atoms with Crippen LogP contribution in [0.2, 0.25) is 5.02 Å². The van der Waals surface area contributed by atoms with E-state index in [0.717, 1.165) is 23.6 Å². The number of carboxylic acids is 1. The zero-order valence-electron chi connectivity index (χ0n) is 16.4. The van der Waals surface area contributed by atoms with Crippen molar-refractivity contribution in [1.29, 1.82) is 0 Å². The van der Waals surface area contributed by atoms with Gasteiger partial charge in [0.05, 0.1) is 22.5 Å². The van der Waals surface area contributed by atoms with Gasteiger partial charge in [0.2, 0.25) is 5.91 Å². The second-order valence-corrected chi connectivity index (χ2v) is 8.81. The third-order valence-corrected chi connectivity index (χ3v) is 7.09. The molecule has 1 heterocycles. The summed E-state index contributed by atoms with van der Waals surface area (Å²) in [5.74, 6) is -1.64. The highest BCUT2D eigenvalue weighted by molar-refractivity contribution is 6.33. The molecule has 4 atom stereocenters. The molecule has 28 heavy (non-hydrogen) atoms. The first kappa shape index (κ1) is 19.3. The van der Waals surface area contributed by atoms with Gasteiger partial charge in [0.25, 0.3) is 0 Å². The molecule has 4 rings (SSSR count). The Balaban J connectivity index is 1.50. The van der Waals surface area contributed by atoms with Gasteiger partial charge in [-0.15, -0.1) is 0 Å². The van der Waals surface area contributed by atoms with E-state index in [2.05, 4.69) is 18.7 Å². The van der Waals surface area contributed by atoms with E-state index in [9.17, 15) is 14.7 Å². The van der Waals surface area contributed by atoms with Crippen molar-refractivity contribution >= 4 is 29.2 Å². The number of hydrogen-bond acceptors (Lipinski definition) is 3. The Kier molecular flexibility index (Phi) is 5.13. The van der Waals surface area contributed by atoms with Crippen molar-refractivity contribution in [3.63, 3.8) is 0 Å². The lowest BCUT2D eigenvalue weighted by Gasteiger charge is -2.39. The lowest BCUT2D eigenvalue weighted by atomic mass is 9.78. The summed E-state index contributed by atoms with van der Waals surface area (Å²) >= 11 is 6.31. The quantitative estimate of drug-likeness (QED) is 0.783. The van der Waals surface area contributed by atoms with Crippen molar-refractivity contribution in [2.24, 2.45) is 23.7 Å². The van der Waals surface area contributed by atoms with Crippen LogP contribution in [0.25, 0.3) is 0 Å². The van der Waals surface area contributed by atoms with E-state index in [1.807, 2.05) is 29.2 Å². The van der Waals surface area contributed by atoms with E-state index in [0.29, 0.717) is 26.2 Å². The lowest BCUT2D eigenvalue weighted by Crippen LogP contribution is -2.52. The minimum Gasteiger partial charge on any atom is -0.481 e. The van der Waals surface area contributed by atoms with Crippen molar-refractivity contribution in [3.8, 4) is 0 Å². The molecule has 0 unspecified atom stereocenters.